The van der Waals surface area contributed by atoms with Crippen molar-refractivity contribution < 1.29 is 14.7 Å². The lowest BCUT2D eigenvalue weighted by atomic mass is 9.98. The first-order valence-corrected chi connectivity index (χ1v) is 6.86. The molecular weight excluding hydrogens is 256 g/mol. The number of carbonyl (C=O) groups excluding carboxylic acids is 1. The number of carboxylic acid groups (broad SMARTS) is 1. The Labute approximate surface area is 118 Å². The Kier molecular flexibility index (Phi) is 4.39. The topological polar surface area (TPSA) is 69.6 Å². The second kappa shape index (κ2) is 6.05. The van der Waals surface area contributed by atoms with E-state index in [0.29, 0.717) is 12.0 Å². The highest BCUT2D eigenvalue weighted by Crippen LogP contribution is 2.24. The van der Waals surface area contributed by atoms with Crippen molar-refractivity contribution in [3.05, 3.63) is 29.3 Å². The number of likely N-dealkylation sites (N-methyl/N-ethyl adjacent to an activating group) is 1. The number of ketones is 1. The van der Waals surface area contributed by atoms with E-state index in [1.54, 1.807) is 11.9 Å². The maximum Gasteiger partial charge on any atom is 0.317 e. The van der Waals surface area contributed by atoms with Crippen molar-refractivity contribution in [1.29, 1.82) is 0 Å². The molecule has 5 heteroatoms. The van der Waals surface area contributed by atoms with E-state index < -0.39 is 12.0 Å². The molecule has 0 radical (unpaired) electrons. The van der Waals surface area contributed by atoms with E-state index in [1.165, 1.54) is 0 Å². The predicted molar refractivity (Wildman–Crippen MR) is 77.3 cm³/mol. The van der Waals surface area contributed by atoms with Crippen LogP contribution in [0.15, 0.2) is 18.2 Å². The number of hydrogen-bond acceptors (Lipinski definition) is 4. The van der Waals surface area contributed by atoms with E-state index in [4.69, 9.17) is 5.11 Å². The summed E-state index contributed by atoms with van der Waals surface area (Å²) in [6, 6.07) is 5.28. The van der Waals surface area contributed by atoms with Gasteiger partial charge in [-0.3, -0.25) is 14.5 Å². The summed E-state index contributed by atoms with van der Waals surface area (Å²) < 4.78 is 0. The molecule has 0 saturated carbocycles. The van der Waals surface area contributed by atoms with Crippen LogP contribution in [0.4, 0.5) is 5.69 Å². The molecular formula is C15H20N2O3. The summed E-state index contributed by atoms with van der Waals surface area (Å²) >= 11 is 0. The fourth-order valence-corrected chi connectivity index (χ4v) is 2.67. The zero-order valence-electron chi connectivity index (χ0n) is 11.8. The fraction of sp³-hybridized carbons (Fsp3) is 0.467. The van der Waals surface area contributed by atoms with E-state index in [9.17, 15) is 9.59 Å². The van der Waals surface area contributed by atoms with E-state index in [-0.39, 0.29) is 12.3 Å². The zero-order valence-corrected chi connectivity index (χ0v) is 11.8. The third kappa shape index (κ3) is 2.99. The lowest BCUT2D eigenvalue weighted by Crippen LogP contribution is -2.41. The quantitative estimate of drug-likeness (QED) is 0.773. The molecule has 108 valence electrons. The van der Waals surface area contributed by atoms with Crippen LogP contribution >= 0.6 is 0 Å². The van der Waals surface area contributed by atoms with E-state index in [1.807, 2.05) is 25.1 Å². The van der Waals surface area contributed by atoms with Gasteiger partial charge in [-0.25, -0.2) is 0 Å². The smallest absolute Gasteiger partial charge is 0.317 e. The summed E-state index contributed by atoms with van der Waals surface area (Å²) in [6.45, 7) is 2.68. The zero-order chi connectivity index (χ0) is 14.7. The molecule has 1 aliphatic heterocycles. The molecule has 1 atom stereocenters. The second-order valence-electron chi connectivity index (χ2n) is 5.15. The molecule has 0 bridgehead atoms. The Morgan fingerprint density at radius 1 is 1.45 bits per heavy atom. The van der Waals surface area contributed by atoms with Crippen molar-refractivity contribution >= 4 is 17.4 Å². The van der Waals surface area contributed by atoms with Gasteiger partial charge in [-0.1, -0.05) is 6.92 Å². The van der Waals surface area contributed by atoms with Crippen molar-refractivity contribution in [2.45, 2.75) is 25.8 Å². The first kappa shape index (κ1) is 14.5. The molecule has 0 aromatic heterocycles. The Balaban J connectivity index is 2.18. The minimum Gasteiger partial charge on any atom is -0.480 e. The summed E-state index contributed by atoms with van der Waals surface area (Å²) in [6.07, 6.45) is 1.52. The molecule has 0 saturated heterocycles. The number of nitrogens with one attached hydrogen (secondary N) is 1. The molecule has 1 aromatic carbocycles. The van der Waals surface area contributed by atoms with Crippen LogP contribution in [-0.4, -0.2) is 47.9 Å². The van der Waals surface area contributed by atoms with Gasteiger partial charge in [0, 0.05) is 17.8 Å². The maximum atomic E-state index is 12.5. The van der Waals surface area contributed by atoms with Gasteiger partial charge in [0.25, 0.3) is 0 Å². The predicted octanol–water partition coefficient (Wildman–Crippen LogP) is 1.63. The van der Waals surface area contributed by atoms with Crippen LogP contribution in [0.5, 0.6) is 0 Å². The molecule has 0 aliphatic carbocycles. The highest BCUT2D eigenvalue weighted by Gasteiger charge is 2.25. The first-order valence-electron chi connectivity index (χ1n) is 6.86. The average molecular weight is 276 g/mol. The molecule has 1 unspecified atom stereocenters. The van der Waals surface area contributed by atoms with Crippen molar-refractivity contribution in [1.82, 2.24) is 4.90 Å². The largest absolute Gasteiger partial charge is 0.480 e. The van der Waals surface area contributed by atoms with Crippen molar-refractivity contribution in [2.24, 2.45) is 0 Å². The van der Waals surface area contributed by atoms with E-state index >= 15 is 0 Å². The van der Waals surface area contributed by atoms with Gasteiger partial charge in [0.2, 0.25) is 0 Å². The second-order valence-corrected chi connectivity index (χ2v) is 5.15. The Bertz CT molecular complexity index is 528. The SMILES string of the molecule is CCC(C(=O)c1ccc2c(c1)CCN2)N(C)CC(=O)O. The summed E-state index contributed by atoms with van der Waals surface area (Å²) in [7, 11) is 1.68. The van der Waals surface area contributed by atoms with E-state index in [0.717, 1.165) is 24.2 Å². The molecule has 0 spiro atoms. The van der Waals surface area contributed by atoms with Gasteiger partial charge in [0.1, 0.15) is 0 Å². The molecule has 5 nitrogen and oxygen atoms in total. The fourth-order valence-electron chi connectivity index (χ4n) is 2.67. The Morgan fingerprint density at radius 3 is 2.85 bits per heavy atom. The van der Waals surface area contributed by atoms with Crippen molar-refractivity contribution in [2.75, 3.05) is 25.5 Å². The van der Waals surface area contributed by atoms with Gasteiger partial charge in [0.05, 0.1) is 12.6 Å². The van der Waals surface area contributed by atoms with Crippen molar-refractivity contribution in [3.63, 3.8) is 0 Å². The van der Waals surface area contributed by atoms with Crippen LogP contribution in [0.2, 0.25) is 0 Å². The van der Waals surface area contributed by atoms with Gasteiger partial charge >= 0.3 is 5.97 Å². The maximum absolute atomic E-state index is 12.5. The molecule has 20 heavy (non-hydrogen) atoms. The third-order valence-electron chi connectivity index (χ3n) is 3.71. The summed E-state index contributed by atoms with van der Waals surface area (Å²) in [4.78, 5) is 24.9. The Morgan fingerprint density at radius 2 is 2.20 bits per heavy atom. The number of benzene rings is 1. The number of Topliss-reactive ketones (excluding diaryl/α,β-unsaturated/α-hetero) is 1. The van der Waals surface area contributed by atoms with Gasteiger partial charge in [-0.15, -0.1) is 0 Å². The van der Waals surface area contributed by atoms with Crippen LogP contribution in [0, 0.1) is 0 Å². The summed E-state index contributed by atoms with van der Waals surface area (Å²) in [5.74, 6) is -0.928. The molecule has 1 aromatic rings. The average Bonchev–Trinajstić information content (AvgIpc) is 2.85. The van der Waals surface area contributed by atoms with Gasteiger partial charge in [0.15, 0.2) is 5.78 Å². The highest BCUT2D eigenvalue weighted by molar-refractivity contribution is 6.00. The molecule has 2 rings (SSSR count). The lowest BCUT2D eigenvalue weighted by molar-refractivity contribution is -0.138. The number of rotatable bonds is 6. The number of nitrogens with zero attached hydrogens (tertiary/aromatic N) is 1. The first-order chi connectivity index (χ1) is 9.52. The third-order valence-corrected chi connectivity index (χ3v) is 3.71. The monoisotopic (exact) mass is 276 g/mol. The van der Waals surface area contributed by atoms with Crippen LogP contribution in [-0.2, 0) is 11.2 Å². The van der Waals surface area contributed by atoms with Gasteiger partial charge in [-0.05, 0) is 43.7 Å². The molecule has 2 N–H and O–H groups in total. The van der Waals surface area contributed by atoms with Crippen LogP contribution < -0.4 is 5.32 Å². The molecule has 1 heterocycles. The van der Waals surface area contributed by atoms with Gasteiger partial charge in [-0.2, -0.15) is 0 Å². The number of carbonyl (C=O) groups is 2. The van der Waals surface area contributed by atoms with Crippen molar-refractivity contribution in [3.8, 4) is 0 Å². The molecule has 0 fully saturated rings. The highest BCUT2D eigenvalue weighted by atomic mass is 16.4. The normalized spacial score (nSPS) is 14.8. The summed E-state index contributed by atoms with van der Waals surface area (Å²) in [5, 5.41) is 12.1. The number of hydrogen-bond donors (Lipinski definition) is 2. The van der Waals surface area contributed by atoms with Crippen LogP contribution in [0.3, 0.4) is 0 Å². The number of anilines is 1. The summed E-state index contributed by atoms with van der Waals surface area (Å²) in [5.41, 5.74) is 2.91. The van der Waals surface area contributed by atoms with Crippen LogP contribution in [0.25, 0.3) is 0 Å². The number of carboxylic acids is 1. The van der Waals surface area contributed by atoms with Crippen LogP contribution in [0.1, 0.15) is 29.3 Å². The number of aliphatic carboxylic acids is 1. The minimum atomic E-state index is -0.920. The standard InChI is InChI=1S/C15H20N2O3/c1-3-13(17(2)9-14(18)19)15(20)11-4-5-12-10(8-11)6-7-16-12/h4-5,8,13,16H,3,6-7,9H2,1-2H3,(H,18,19). The minimum absolute atomic E-state index is 0.00838. The van der Waals surface area contributed by atoms with E-state index in [2.05, 4.69) is 5.32 Å². The Hall–Kier alpha value is -1.88. The molecule has 1 aliphatic rings. The van der Waals surface area contributed by atoms with Gasteiger partial charge < -0.3 is 10.4 Å². The molecule has 0 amide bonds. The number of fused-ring (bicyclic) bond motifs is 1. The lowest BCUT2D eigenvalue weighted by Gasteiger charge is -2.24.